The van der Waals surface area contributed by atoms with Gasteiger partial charge >= 0.3 is 0 Å². The molecule has 7 heteroatoms. The van der Waals surface area contributed by atoms with Gasteiger partial charge < -0.3 is 9.84 Å². The Labute approximate surface area is 185 Å². The summed E-state index contributed by atoms with van der Waals surface area (Å²) < 4.78 is 5.39. The van der Waals surface area contributed by atoms with Crippen molar-refractivity contribution < 1.29 is 9.84 Å². The van der Waals surface area contributed by atoms with Crippen LogP contribution in [-0.4, -0.2) is 67.5 Å². The lowest BCUT2D eigenvalue weighted by atomic mass is 9.96. The molecule has 1 N–H and O–H groups in total. The van der Waals surface area contributed by atoms with Gasteiger partial charge in [-0.25, -0.2) is 0 Å². The van der Waals surface area contributed by atoms with E-state index < -0.39 is 0 Å². The van der Waals surface area contributed by atoms with Crippen LogP contribution in [0.1, 0.15) is 17.2 Å². The third kappa shape index (κ3) is 7.20. The van der Waals surface area contributed by atoms with E-state index in [1.807, 2.05) is 12.1 Å². The van der Waals surface area contributed by atoms with Gasteiger partial charge in [-0.2, -0.15) is 0 Å². The van der Waals surface area contributed by atoms with Crippen LogP contribution in [0.15, 0.2) is 54.6 Å². The summed E-state index contributed by atoms with van der Waals surface area (Å²) >= 11 is 6.09. The minimum absolute atomic E-state index is 0. The average molecular weight is 448 g/mol. The Kier molecular flexibility index (Phi) is 12.0. The second-order valence-electron chi connectivity index (χ2n) is 6.58. The van der Waals surface area contributed by atoms with E-state index in [9.17, 15) is 0 Å². The van der Waals surface area contributed by atoms with Crippen LogP contribution in [0.4, 0.5) is 0 Å². The minimum Gasteiger partial charge on any atom is -0.394 e. The molecule has 0 saturated carbocycles. The summed E-state index contributed by atoms with van der Waals surface area (Å²) in [6, 6.07) is 19.1. The number of piperazine rings is 1. The van der Waals surface area contributed by atoms with E-state index in [0.29, 0.717) is 13.2 Å². The number of ether oxygens (including phenoxy) is 1. The Morgan fingerprint density at radius 3 is 2.07 bits per heavy atom. The first kappa shape index (κ1) is 25.2. The van der Waals surface area contributed by atoms with Gasteiger partial charge in [-0.05, 0) is 23.3 Å². The lowest BCUT2D eigenvalue weighted by molar-refractivity contribution is 0.0522. The Morgan fingerprint density at radius 1 is 0.857 bits per heavy atom. The third-order valence-corrected chi connectivity index (χ3v) is 5.11. The fourth-order valence-corrected chi connectivity index (χ4v) is 3.63. The molecule has 2 aromatic carbocycles. The lowest BCUT2D eigenvalue weighted by Gasteiger charge is -2.39. The van der Waals surface area contributed by atoms with E-state index in [4.69, 9.17) is 21.4 Å². The largest absolute Gasteiger partial charge is 0.394 e. The Bertz CT molecular complexity index is 650. The second kappa shape index (κ2) is 13.4. The molecule has 1 heterocycles. The van der Waals surface area contributed by atoms with Gasteiger partial charge in [0, 0.05) is 37.7 Å². The number of hydrogen-bond acceptors (Lipinski definition) is 4. The summed E-state index contributed by atoms with van der Waals surface area (Å²) in [5.41, 5.74) is 2.59. The first-order valence-electron chi connectivity index (χ1n) is 9.23. The molecule has 1 aliphatic heterocycles. The number of benzene rings is 2. The molecule has 1 unspecified atom stereocenters. The zero-order valence-electron chi connectivity index (χ0n) is 15.9. The molecule has 0 aliphatic carbocycles. The van der Waals surface area contributed by atoms with Crippen molar-refractivity contribution in [2.24, 2.45) is 0 Å². The van der Waals surface area contributed by atoms with E-state index in [0.717, 1.165) is 37.7 Å². The molecule has 0 spiro atoms. The van der Waals surface area contributed by atoms with Gasteiger partial charge in [-0.3, -0.25) is 9.80 Å². The molecule has 3 rings (SSSR count). The van der Waals surface area contributed by atoms with Gasteiger partial charge in [-0.1, -0.05) is 54.1 Å². The van der Waals surface area contributed by atoms with Crippen molar-refractivity contribution in [2.45, 2.75) is 6.04 Å². The summed E-state index contributed by atoms with van der Waals surface area (Å²) in [4.78, 5) is 4.97. The molecule has 1 saturated heterocycles. The summed E-state index contributed by atoms with van der Waals surface area (Å²) in [6.45, 7) is 6.20. The molecular weight excluding hydrogens is 419 g/mol. The molecule has 1 atom stereocenters. The van der Waals surface area contributed by atoms with Crippen LogP contribution in [0.3, 0.4) is 0 Å². The third-order valence-electron chi connectivity index (χ3n) is 4.86. The number of aliphatic hydroxyl groups excluding tert-OH is 1. The van der Waals surface area contributed by atoms with Gasteiger partial charge in [0.25, 0.3) is 0 Å². The SMILES string of the molecule is Cl.Cl.OCCOCCN1CCN(C(c2ccccc2)c2ccc(Cl)cc2)CC1. The smallest absolute Gasteiger partial charge is 0.0698 e. The maximum Gasteiger partial charge on any atom is 0.0698 e. The van der Waals surface area contributed by atoms with E-state index in [1.165, 1.54) is 11.1 Å². The zero-order valence-corrected chi connectivity index (χ0v) is 18.3. The summed E-state index contributed by atoms with van der Waals surface area (Å²) in [7, 11) is 0. The van der Waals surface area contributed by atoms with E-state index in [2.05, 4.69) is 52.3 Å². The van der Waals surface area contributed by atoms with Crippen molar-refractivity contribution >= 4 is 36.4 Å². The number of halogens is 3. The number of aliphatic hydroxyl groups is 1. The quantitative estimate of drug-likeness (QED) is 0.623. The molecular formula is C21H29Cl3N2O2. The van der Waals surface area contributed by atoms with Crippen LogP contribution in [0.5, 0.6) is 0 Å². The zero-order chi connectivity index (χ0) is 18.2. The van der Waals surface area contributed by atoms with E-state index in [1.54, 1.807) is 0 Å². The standard InChI is InChI=1S/C21H27ClN2O2.2ClH/c22-20-8-6-19(7-9-20)21(18-4-2-1-3-5-18)24-12-10-23(11-13-24)14-16-26-17-15-25;;/h1-9,21,25H,10-17H2;2*1H. The van der Waals surface area contributed by atoms with E-state index >= 15 is 0 Å². The molecule has 2 aromatic rings. The molecule has 0 aromatic heterocycles. The van der Waals surface area contributed by atoms with E-state index in [-0.39, 0.29) is 37.5 Å². The average Bonchev–Trinajstić information content (AvgIpc) is 2.69. The number of hydrogen-bond donors (Lipinski definition) is 1. The Hall–Kier alpha value is -0.850. The maximum absolute atomic E-state index is 8.78. The van der Waals surface area contributed by atoms with Crippen LogP contribution in [0.25, 0.3) is 0 Å². The molecule has 0 bridgehead atoms. The van der Waals surface area contributed by atoms with Crippen LogP contribution < -0.4 is 0 Å². The summed E-state index contributed by atoms with van der Waals surface area (Å²) in [5, 5.41) is 9.55. The van der Waals surface area contributed by atoms with Crippen LogP contribution >= 0.6 is 36.4 Å². The number of nitrogens with zero attached hydrogens (tertiary/aromatic N) is 2. The van der Waals surface area contributed by atoms with Gasteiger partial charge in [-0.15, -0.1) is 24.8 Å². The summed E-state index contributed by atoms with van der Waals surface area (Å²) in [5.74, 6) is 0. The highest BCUT2D eigenvalue weighted by Gasteiger charge is 2.26. The van der Waals surface area contributed by atoms with Gasteiger partial charge in [0.2, 0.25) is 0 Å². The fourth-order valence-electron chi connectivity index (χ4n) is 3.50. The predicted octanol–water partition coefficient (Wildman–Crippen LogP) is 3.90. The van der Waals surface area contributed by atoms with Crippen LogP contribution in [0.2, 0.25) is 5.02 Å². The molecule has 1 fully saturated rings. The highest BCUT2D eigenvalue weighted by atomic mass is 35.5. The Morgan fingerprint density at radius 2 is 1.46 bits per heavy atom. The minimum atomic E-state index is 0. The van der Waals surface area contributed by atoms with Crippen molar-refractivity contribution in [3.8, 4) is 0 Å². The van der Waals surface area contributed by atoms with Crippen molar-refractivity contribution in [3.05, 3.63) is 70.7 Å². The van der Waals surface area contributed by atoms with Crippen LogP contribution in [0, 0.1) is 0 Å². The topological polar surface area (TPSA) is 35.9 Å². The predicted molar refractivity (Wildman–Crippen MR) is 120 cm³/mol. The van der Waals surface area contributed by atoms with Crippen molar-refractivity contribution in [1.82, 2.24) is 9.80 Å². The van der Waals surface area contributed by atoms with Gasteiger partial charge in [0.15, 0.2) is 0 Å². The highest BCUT2D eigenvalue weighted by molar-refractivity contribution is 6.30. The summed E-state index contributed by atoms with van der Waals surface area (Å²) in [6.07, 6.45) is 0. The van der Waals surface area contributed by atoms with Gasteiger partial charge in [0.05, 0.1) is 25.9 Å². The fraction of sp³-hybridized carbons (Fsp3) is 0.429. The molecule has 1 aliphatic rings. The number of rotatable bonds is 8. The molecule has 0 radical (unpaired) electrons. The van der Waals surface area contributed by atoms with Gasteiger partial charge in [0.1, 0.15) is 0 Å². The maximum atomic E-state index is 8.78. The first-order valence-corrected chi connectivity index (χ1v) is 9.61. The Balaban J connectivity index is 0.00000196. The molecule has 4 nitrogen and oxygen atoms in total. The molecule has 0 amide bonds. The first-order chi connectivity index (χ1) is 12.8. The normalized spacial score (nSPS) is 16.1. The van der Waals surface area contributed by atoms with Crippen molar-refractivity contribution in [3.63, 3.8) is 0 Å². The highest BCUT2D eigenvalue weighted by Crippen LogP contribution is 2.30. The lowest BCUT2D eigenvalue weighted by Crippen LogP contribution is -2.48. The second-order valence-corrected chi connectivity index (χ2v) is 7.01. The molecule has 28 heavy (non-hydrogen) atoms. The molecule has 156 valence electrons. The van der Waals surface area contributed by atoms with Crippen LogP contribution in [-0.2, 0) is 4.74 Å². The van der Waals surface area contributed by atoms with Crippen molar-refractivity contribution in [2.75, 3.05) is 52.5 Å². The monoisotopic (exact) mass is 446 g/mol. The van der Waals surface area contributed by atoms with Crippen molar-refractivity contribution in [1.29, 1.82) is 0 Å².